The molecule has 0 fully saturated rings. The Balaban J connectivity index is 1.15. The molecule has 10 nitrogen and oxygen atoms in total. The van der Waals surface area contributed by atoms with Crippen LogP contribution in [0.4, 0.5) is 10.3 Å². The smallest absolute Gasteiger partial charge is 0.230 e. The van der Waals surface area contributed by atoms with E-state index in [0.29, 0.717) is 23.5 Å². The molecule has 2 aromatic heterocycles. The molecule has 8 bridgehead atoms. The molecule has 0 atom stereocenters. The number of amides is 2. The highest BCUT2D eigenvalue weighted by Crippen LogP contribution is 2.21. The van der Waals surface area contributed by atoms with Gasteiger partial charge in [0, 0.05) is 12.8 Å². The van der Waals surface area contributed by atoms with Crippen molar-refractivity contribution >= 4 is 44.8 Å². The van der Waals surface area contributed by atoms with Crippen LogP contribution in [-0.4, -0.2) is 45.4 Å². The van der Waals surface area contributed by atoms with Crippen LogP contribution in [0.1, 0.15) is 59.7 Å². The van der Waals surface area contributed by atoms with E-state index >= 15 is 0 Å². The van der Waals surface area contributed by atoms with Gasteiger partial charge in [-0.2, -0.15) is 0 Å². The molecule has 0 aliphatic carbocycles. The van der Waals surface area contributed by atoms with Gasteiger partial charge in [0.15, 0.2) is 0 Å². The van der Waals surface area contributed by atoms with E-state index in [9.17, 15) is 9.59 Å². The molecule has 0 radical (unpaired) electrons. The van der Waals surface area contributed by atoms with Gasteiger partial charge < -0.3 is 20.1 Å². The molecule has 0 saturated heterocycles. The maximum Gasteiger partial charge on any atom is 0.230 e. The number of ether oxygens (including phenoxy) is 2. The molecule has 2 amide bonds. The van der Waals surface area contributed by atoms with Gasteiger partial charge in [-0.3, -0.25) is 9.59 Å². The third-order valence-electron chi connectivity index (χ3n) is 6.77. The van der Waals surface area contributed by atoms with Crippen LogP contribution in [0.25, 0.3) is 0 Å². The molecule has 3 aliphatic heterocycles. The summed E-state index contributed by atoms with van der Waals surface area (Å²) >= 11 is 2.79. The van der Waals surface area contributed by atoms with E-state index in [4.69, 9.17) is 9.47 Å². The number of benzene rings is 2. The molecule has 12 heteroatoms. The van der Waals surface area contributed by atoms with Crippen LogP contribution in [-0.2, 0) is 35.3 Å². The first kappa shape index (κ1) is 31.3. The second kappa shape index (κ2) is 16.6. The number of nitrogens with zero attached hydrogens (tertiary/aromatic N) is 4. The largest absolute Gasteiger partial charge is 0.494 e. The average molecular weight is 633 g/mol. The zero-order valence-electron chi connectivity index (χ0n) is 24.5. The number of carbonyl (C=O) groups is 2. The highest BCUT2D eigenvalue weighted by molar-refractivity contribution is 7.15. The second-order valence-corrected chi connectivity index (χ2v) is 12.5. The summed E-state index contributed by atoms with van der Waals surface area (Å²) in [5, 5.41) is 25.2. The van der Waals surface area contributed by atoms with Gasteiger partial charge in [-0.25, -0.2) is 0 Å². The van der Waals surface area contributed by atoms with Crippen molar-refractivity contribution in [2.24, 2.45) is 0 Å². The van der Waals surface area contributed by atoms with Crippen LogP contribution in [0.3, 0.4) is 0 Å². The molecule has 2 aromatic carbocycles. The van der Waals surface area contributed by atoms with Crippen molar-refractivity contribution in [2.75, 3.05) is 23.8 Å². The van der Waals surface area contributed by atoms with Crippen molar-refractivity contribution in [2.45, 2.75) is 64.2 Å². The Morgan fingerprint density at radius 2 is 1.00 bits per heavy atom. The number of aromatic nitrogens is 4. The minimum Gasteiger partial charge on any atom is -0.494 e. The first-order valence-corrected chi connectivity index (χ1v) is 16.6. The van der Waals surface area contributed by atoms with Gasteiger partial charge in [-0.1, -0.05) is 59.1 Å². The number of rotatable bonds is 0. The normalized spacial score (nSPS) is 17.0. The van der Waals surface area contributed by atoms with E-state index in [1.807, 2.05) is 48.5 Å². The van der Waals surface area contributed by atoms with E-state index in [2.05, 4.69) is 43.2 Å². The minimum absolute atomic E-state index is 0.131. The van der Waals surface area contributed by atoms with E-state index in [1.54, 1.807) is 0 Å². The number of hydrogen-bond acceptors (Lipinski definition) is 10. The molecule has 5 heterocycles. The molecular formula is C32H36N6O4S2. The SMILES string of the molecule is O=C1Cc2ccc(cc2)OCCC/C=C/CCCOc2ccc(cc2)CC(=O)Nc2nnc(s2)CCCCc2nnc(s2)N1. The van der Waals surface area contributed by atoms with E-state index < -0.39 is 0 Å². The van der Waals surface area contributed by atoms with Crippen LogP contribution in [0, 0.1) is 0 Å². The summed E-state index contributed by atoms with van der Waals surface area (Å²) in [6.07, 6.45) is 11.9. The van der Waals surface area contributed by atoms with Gasteiger partial charge >= 0.3 is 0 Å². The molecule has 44 heavy (non-hydrogen) atoms. The number of fused-ring (bicyclic) bond motifs is 2. The molecule has 7 rings (SSSR count). The van der Waals surface area contributed by atoms with E-state index in [1.165, 1.54) is 22.7 Å². The fourth-order valence-corrected chi connectivity index (χ4v) is 6.08. The number of nitrogens with one attached hydrogen (secondary N) is 2. The third kappa shape index (κ3) is 10.5. The fourth-order valence-electron chi connectivity index (χ4n) is 4.49. The minimum atomic E-state index is -0.131. The van der Waals surface area contributed by atoms with E-state index in [-0.39, 0.29) is 24.7 Å². The quantitative estimate of drug-likeness (QED) is 0.219. The van der Waals surface area contributed by atoms with Crippen LogP contribution in [0.5, 0.6) is 11.5 Å². The molecule has 0 spiro atoms. The summed E-state index contributed by atoms with van der Waals surface area (Å²) in [5.74, 6) is 1.33. The Morgan fingerprint density at radius 3 is 1.43 bits per heavy atom. The third-order valence-corrected chi connectivity index (χ3v) is 8.57. The van der Waals surface area contributed by atoms with Crippen LogP contribution < -0.4 is 20.1 Å². The lowest BCUT2D eigenvalue weighted by atomic mass is 10.1. The van der Waals surface area contributed by atoms with Crippen molar-refractivity contribution in [1.82, 2.24) is 20.4 Å². The molecular weight excluding hydrogens is 597 g/mol. The predicted octanol–water partition coefficient (Wildman–Crippen LogP) is 6.21. The topological polar surface area (TPSA) is 128 Å². The number of allylic oxidation sites excluding steroid dienone is 2. The zero-order chi connectivity index (χ0) is 30.4. The summed E-state index contributed by atoms with van der Waals surface area (Å²) in [7, 11) is 0. The Labute approximate surface area is 264 Å². The van der Waals surface area contributed by atoms with Gasteiger partial charge in [0.25, 0.3) is 0 Å². The van der Waals surface area contributed by atoms with Gasteiger partial charge in [-0.05, 0) is 73.9 Å². The molecule has 0 saturated carbocycles. The number of carbonyl (C=O) groups excluding carboxylic acids is 2. The molecule has 0 unspecified atom stereocenters. The molecule has 3 aliphatic rings. The summed E-state index contributed by atoms with van der Waals surface area (Å²) < 4.78 is 11.7. The van der Waals surface area contributed by atoms with Crippen LogP contribution in [0.2, 0.25) is 0 Å². The average Bonchev–Trinajstić information content (AvgIpc) is 3.66. The Morgan fingerprint density at radius 1 is 0.568 bits per heavy atom. The van der Waals surface area contributed by atoms with Gasteiger partial charge in [-0.15, -0.1) is 20.4 Å². The highest BCUT2D eigenvalue weighted by Gasteiger charge is 2.12. The number of hydrogen-bond donors (Lipinski definition) is 2. The first-order chi connectivity index (χ1) is 21.6. The monoisotopic (exact) mass is 632 g/mol. The molecule has 4 aromatic rings. The molecule has 2 N–H and O–H groups in total. The van der Waals surface area contributed by atoms with Crippen molar-refractivity contribution in [1.29, 1.82) is 0 Å². The number of anilines is 2. The summed E-state index contributed by atoms with van der Waals surface area (Å²) in [4.78, 5) is 25.1. The number of aryl methyl sites for hydroxylation is 2. The van der Waals surface area contributed by atoms with Crippen molar-refractivity contribution in [3.8, 4) is 11.5 Å². The lowest BCUT2D eigenvalue weighted by Gasteiger charge is -2.07. The van der Waals surface area contributed by atoms with Crippen molar-refractivity contribution in [3.05, 3.63) is 81.8 Å². The Kier molecular flexibility index (Phi) is 11.8. The van der Waals surface area contributed by atoms with Gasteiger partial charge in [0.2, 0.25) is 22.1 Å². The van der Waals surface area contributed by atoms with Gasteiger partial charge in [0.1, 0.15) is 21.5 Å². The Hall–Kier alpha value is -4.16. The summed E-state index contributed by atoms with van der Waals surface area (Å²) in [5.41, 5.74) is 1.81. The van der Waals surface area contributed by atoms with Crippen LogP contribution in [0.15, 0.2) is 60.7 Å². The van der Waals surface area contributed by atoms with E-state index in [0.717, 1.165) is 84.0 Å². The maximum absolute atomic E-state index is 12.5. The lowest BCUT2D eigenvalue weighted by Crippen LogP contribution is -2.14. The van der Waals surface area contributed by atoms with Crippen molar-refractivity contribution < 1.29 is 19.1 Å². The molecule has 230 valence electrons. The fraction of sp³-hybridized carbons (Fsp3) is 0.375. The van der Waals surface area contributed by atoms with Gasteiger partial charge in [0.05, 0.1) is 26.1 Å². The van der Waals surface area contributed by atoms with Crippen molar-refractivity contribution in [3.63, 3.8) is 0 Å². The standard InChI is InChI=1S/C32H36N6O4S2/c39-27-21-23-11-15-25(16-12-23)41-19-7-3-1-2-4-8-20-42-26-17-13-24(14-18-26)22-28(40)34-32-38-36-30(44-32)10-6-5-9-29-35-37-31(33-27)43-29/h1-2,11-18H,3-10,19-22H2,(H,33,37,39)(H,34,38,40)/b2-1+. The lowest BCUT2D eigenvalue weighted by molar-refractivity contribution is -0.116. The summed E-state index contributed by atoms with van der Waals surface area (Å²) in [6, 6.07) is 15.3. The highest BCUT2D eigenvalue weighted by atomic mass is 32.1. The zero-order valence-corrected chi connectivity index (χ0v) is 26.1. The summed E-state index contributed by atoms with van der Waals surface area (Å²) in [6.45, 7) is 1.26. The van der Waals surface area contributed by atoms with Crippen LogP contribution >= 0.6 is 22.7 Å². The predicted molar refractivity (Wildman–Crippen MR) is 173 cm³/mol. The first-order valence-electron chi connectivity index (χ1n) is 14.9. The second-order valence-electron chi connectivity index (χ2n) is 10.4. The maximum atomic E-state index is 12.5. The Bertz CT molecular complexity index is 1400.